The lowest BCUT2D eigenvalue weighted by Crippen LogP contribution is -2.11. The molecule has 1 N–H and O–H groups in total. The molecule has 3 nitrogen and oxygen atoms in total. The number of alkyl halides is 1. The Kier molecular flexibility index (Phi) is 4.04. The second-order valence-electron chi connectivity index (χ2n) is 3.89. The number of anilines is 1. The van der Waals surface area contributed by atoms with E-state index in [-0.39, 0.29) is 0 Å². The van der Waals surface area contributed by atoms with E-state index in [1.165, 1.54) is 0 Å². The zero-order chi connectivity index (χ0) is 12.1. The number of benzene rings is 1. The molecular formula is C13H16ClN3. The quantitative estimate of drug-likeness (QED) is 0.826. The minimum atomic E-state index is 0.535. The number of nitrogens with zero attached hydrogens (tertiary/aromatic N) is 2. The molecule has 0 amide bonds. The van der Waals surface area contributed by atoms with E-state index in [1.54, 1.807) is 0 Å². The molecule has 0 atom stereocenters. The first kappa shape index (κ1) is 12.0. The summed E-state index contributed by atoms with van der Waals surface area (Å²) in [6, 6.07) is 8.11. The summed E-state index contributed by atoms with van der Waals surface area (Å²) in [6.07, 6.45) is 3.81. The molecule has 0 bridgehead atoms. The van der Waals surface area contributed by atoms with E-state index >= 15 is 0 Å². The second-order valence-corrected chi connectivity index (χ2v) is 4.15. The van der Waals surface area contributed by atoms with Crippen LogP contribution in [-0.2, 0) is 12.4 Å². The molecule has 0 saturated carbocycles. The smallest absolute Gasteiger partial charge is 0.105 e. The molecule has 1 aromatic carbocycles. The first-order valence-corrected chi connectivity index (χ1v) is 6.20. The summed E-state index contributed by atoms with van der Waals surface area (Å²) in [5.74, 6) is 1.57. The Hall–Kier alpha value is -1.48. The Morgan fingerprint density at radius 2 is 2.18 bits per heavy atom. The van der Waals surface area contributed by atoms with E-state index in [2.05, 4.69) is 20.9 Å². The van der Waals surface area contributed by atoms with Crippen molar-refractivity contribution in [3.8, 4) is 0 Å². The zero-order valence-electron chi connectivity index (χ0n) is 9.86. The van der Waals surface area contributed by atoms with Crippen molar-refractivity contribution in [1.29, 1.82) is 0 Å². The van der Waals surface area contributed by atoms with Gasteiger partial charge in [0.2, 0.25) is 0 Å². The van der Waals surface area contributed by atoms with Crippen LogP contribution in [0.25, 0.3) is 0 Å². The van der Waals surface area contributed by atoms with Gasteiger partial charge in [0.1, 0.15) is 5.82 Å². The van der Waals surface area contributed by atoms with Gasteiger partial charge in [0.05, 0.1) is 0 Å². The van der Waals surface area contributed by atoms with Crippen LogP contribution in [0.4, 0.5) is 5.69 Å². The molecule has 2 rings (SSSR count). The molecule has 0 radical (unpaired) electrons. The molecule has 0 saturated heterocycles. The number of aromatic nitrogens is 2. The topological polar surface area (TPSA) is 29.9 Å². The van der Waals surface area contributed by atoms with Crippen LogP contribution in [0.5, 0.6) is 0 Å². The number of hydrogen-bond donors (Lipinski definition) is 1. The fourth-order valence-corrected chi connectivity index (χ4v) is 1.99. The normalized spacial score (nSPS) is 10.5. The predicted molar refractivity (Wildman–Crippen MR) is 71.5 cm³/mol. The van der Waals surface area contributed by atoms with Crippen LogP contribution < -0.4 is 5.32 Å². The van der Waals surface area contributed by atoms with Gasteiger partial charge < -0.3 is 9.88 Å². The Morgan fingerprint density at radius 3 is 2.88 bits per heavy atom. The second kappa shape index (κ2) is 5.73. The molecule has 90 valence electrons. The third kappa shape index (κ3) is 3.01. The first-order valence-electron chi connectivity index (χ1n) is 5.66. The van der Waals surface area contributed by atoms with Crippen LogP contribution in [0.1, 0.15) is 11.4 Å². The Labute approximate surface area is 106 Å². The first-order chi connectivity index (χ1) is 8.31. The van der Waals surface area contributed by atoms with E-state index in [0.717, 1.165) is 30.2 Å². The standard InChI is InChI=1S/C13H16ClN3/c1-11-15-6-8-17(11)9-7-16-13-5-3-2-4-12(13)10-14/h2-6,8,16H,7,9-10H2,1H3. The summed E-state index contributed by atoms with van der Waals surface area (Å²) >= 11 is 5.88. The summed E-state index contributed by atoms with van der Waals surface area (Å²) in [5.41, 5.74) is 2.25. The summed E-state index contributed by atoms with van der Waals surface area (Å²) in [4.78, 5) is 4.19. The summed E-state index contributed by atoms with van der Waals surface area (Å²) in [7, 11) is 0. The number of aryl methyl sites for hydroxylation is 1. The van der Waals surface area contributed by atoms with Gasteiger partial charge in [-0.05, 0) is 18.6 Å². The van der Waals surface area contributed by atoms with E-state index in [4.69, 9.17) is 11.6 Å². The summed E-state index contributed by atoms with van der Waals surface area (Å²) in [5, 5.41) is 3.40. The molecule has 0 fully saturated rings. The SMILES string of the molecule is Cc1nccn1CCNc1ccccc1CCl. The highest BCUT2D eigenvalue weighted by atomic mass is 35.5. The fourth-order valence-electron chi connectivity index (χ4n) is 1.76. The van der Waals surface area contributed by atoms with E-state index in [9.17, 15) is 0 Å². The van der Waals surface area contributed by atoms with Crippen molar-refractivity contribution >= 4 is 17.3 Å². The van der Waals surface area contributed by atoms with Gasteiger partial charge in [-0.15, -0.1) is 11.6 Å². The maximum atomic E-state index is 5.88. The van der Waals surface area contributed by atoms with Crippen LogP contribution in [-0.4, -0.2) is 16.1 Å². The number of rotatable bonds is 5. The zero-order valence-corrected chi connectivity index (χ0v) is 10.6. The maximum Gasteiger partial charge on any atom is 0.105 e. The summed E-state index contributed by atoms with van der Waals surface area (Å²) < 4.78 is 2.12. The number of para-hydroxylation sites is 1. The molecule has 4 heteroatoms. The number of halogens is 1. The number of imidazole rings is 1. The van der Waals surface area contributed by atoms with Crippen LogP contribution in [0.15, 0.2) is 36.7 Å². The minimum Gasteiger partial charge on any atom is -0.383 e. The van der Waals surface area contributed by atoms with Crippen molar-refractivity contribution in [2.75, 3.05) is 11.9 Å². The lowest BCUT2D eigenvalue weighted by Gasteiger charge is -2.11. The molecule has 2 aromatic rings. The van der Waals surface area contributed by atoms with Gasteiger partial charge in [0, 0.05) is 37.1 Å². The van der Waals surface area contributed by atoms with Gasteiger partial charge in [-0.3, -0.25) is 0 Å². The van der Waals surface area contributed by atoms with E-state index < -0.39 is 0 Å². The highest BCUT2D eigenvalue weighted by molar-refractivity contribution is 6.17. The lowest BCUT2D eigenvalue weighted by molar-refractivity contribution is 0.700. The largest absolute Gasteiger partial charge is 0.383 e. The van der Waals surface area contributed by atoms with Crippen LogP contribution >= 0.6 is 11.6 Å². The fraction of sp³-hybridized carbons (Fsp3) is 0.308. The monoisotopic (exact) mass is 249 g/mol. The van der Waals surface area contributed by atoms with Gasteiger partial charge in [-0.25, -0.2) is 4.98 Å². The van der Waals surface area contributed by atoms with Gasteiger partial charge in [0.25, 0.3) is 0 Å². The van der Waals surface area contributed by atoms with Gasteiger partial charge in [-0.2, -0.15) is 0 Å². The highest BCUT2D eigenvalue weighted by Crippen LogP contribution is 2.16. The third-order valence-electron chi connectivity index (χ3n) is 2.75. The number of nitrogens with one attached hydrogen (secondary N) is 1. The molecule has 17 heavy (non-hydrogen) atoms. The van der Waals surface area contributed by atoms with Gasteiger partial charge >= 0.3 is 0 Å². The van der Waals surface area contributed by atoms with Crippen molar-refractivity contribution in [3.05, 3.63) is 48.0 Å². The molecule has 1 heterocycles. The highest BCUT2D eigenvalue weighted by Gasteiger charge is 2.00. The van der Waals surface area contributed by atoms with Crippen LogP contribution in [0.3, 0.4) is 0 Å². The van der Waals surface area contributed by atoms with Crippen molar-refractivity contribution in [2.45, 2.75) is 19.3 Å². The van der Waals surface area contributed by atoms with Crippen molar-refractivity contribution in [3.63, 3.8) is 0 Å². The lowest BCUT2D eigenvalue weighted by atomic mass is 10.2. The van der Waals surface area contributed by atoms with Gasteiger partial charge in [0.15, 0.2) is 0 Å². The average Bonchev–Trinajstić information content (AvgIpc) is 2.76. The Balaban J connectivity index is 1.92. The van der Waals surface area contributed by atoms with Crippen LogP contribution in [0.2, 0.25) is 0 Å². The van der Waals surface area contributed by atoms with Crippen molar-refractivity contribution < 1.29 is 0 Å². The molecule has 1 aromatic heterocycles. The third-order valence-corrected chi connectivity index (χ3v) is 3.04. The molecule has 0 aliphatic heterocycles. The van der Waals surface area contributed by atoms with E-state index in [1.807, 2.05) is 37.5 Å². The van der Waals surface area contributed by atoms with Gasteiger partial charge in [-0.1, -0.05) is 18.2 Å². The summed E-state index contributed by atoms with van der Waals surface area (Å²) in [6.45, 7) is 3.78. The van der Waals surface area contributed by atoms with Crippen LogP contribution in [0, 0.1) is 6.92 Å². The minimum absolute atomic E-state index is 0.535. The molecule has 0 aliphatic carbocycles. The Bertz CT molecular complexity index is 479. The van der Waals surface area contributed by atoms with E-state index in [0.29, 0.717) is 5.88 Å². The maximum absolute atomic E-state index is 5.88. The molecule has 0 spiro atoms. The van der Waals surface area contributed by atoms with Crippen molar-refractivity contribution in [1.82, 2.24) is 9.55 Å². The average molecular weight is 250 g/mol. The molecular weight excluding hydrogens is 234 g/mol. The Morgan fingerprint density at radius 1 is 1.35 bits per heavy atom. The molecule has 0 unspecified atom stereocenters. The number of hydrogen-bond acceptors (Lipinski definition) is 2. The molecule has 0 aliphatic rings. The predicted octanol–water partition coefficient (Wildman–Crippen LogP) is 3.04. The van der Waals surface area contributed by atoms with Crippen molar-refractivity contribution in [2.24, 2.45) is 0 Å².